The van der Waals surface area contributed by atoms with Crippen molar-refractivity contribution in [3.63, 3.8) is 0 Å². The quantitative estimate of drug-likeness (QED) is 0.570. The Kier molecular flexibility index (Phi) is 6.23. The molecule has 10 unspecified atom stereocenters. The summed E-state index contributed by atoms with van der Waals surface area (Å²) in [5.74, 6) is 3.17. The van der Waals surface area contributed by atoms with Crippen molar-refractivity contribution in [2.75, 3.05) is 13.1 Å². The Morgan fingerprint density at radius 1 is 0.914 bits per heavy atom. The fourth-order valence-electron chi connectivity index (χ4n) is 10.1. The summed E-state index contributed by atoms with van der Waals surface area (Å²) in [6.45, 7) is 6.64. The van der Waals surface area contributed by atoms with Crippen LogP contribution in [0.5, 0.6) is 0 Å². The van der Waals surface area contributed by atoms with E-state index < -0.39 is 0 Å². The van der Waals surface area contributed by atoms with Crippen molar-refractivity contribution in [1.82, 2.24) is 15.5 Å². The summed E-state index contributed by atoms with van der Waals surface area (Å²) < 4.78 is 0. The fourth-order valence-corrected chi connectivity index (χ4v) is 10.1. The van der Waals surface area contributed by atoms with E-state index in [0.717, 1.165) is 69.9 Å². The van der Waals surface area contributed by atoms with Crippen molar-refractivity contribution in [3.05, 3.63) is 0 Å². The molecular formula is C29H47N3O3. The summed E-state index contributed by atoms with van der Waals surface area (Å²) in [4.78, 5) is 28.5. The van der Waals surface area contributed by atoms with Crippen LogP contribution in [0.2, 0.25) is 0 Å². The maximum Gasteiger partial charge on any atom is 0.243 e. The van der Waals surface area contributed by atoms with Gasteiger partial charge < -0.3 is 20.6 Å². The molecule has 6 aliphatic rings. The Hall–Kier alpha value is -1.14. The van der Waals surface area contributed by atoms with Crippen LogP contribution >= 0.6 is 0 Å². The Labute approximate surface area is 211 Å². The van der Waals surface area contributed by atoms with E-state index in [4.69, 9.17) is 0 Å². The van der Waals surface area contributed by atoms with Gasteiger partial charge in [0.25, 0.3) is 0 Å². The Morgan fingerprint density at radius 3 is 2.51 bits per heavy atom. The van der Waals surface area contributed by atoms with Crippen LogP contribution in [0.4, 0.5) is 0 Å². The highest BCUT2D eigenvalue weighted by molar-refractivity contribution is 5.90. The minimum Gasteiger partial charge on any atom is -0.393 e. The number of amides is 2. The molecule has 6 fully saturated rings. The molecule has 4 saturated carbocycles. The Morgan fingerprint density at radius 2 is 1.71 bits per heavy atom. The van der Waals surface area contributed by atoms with Crippen molar-refractivity contribution >= 4 is 11.8 Å². The zero-order chi connectivity index (χ0) is 24.4. The highest BCUT2D eigenvalue weighted by atomic mass is 16.3. The van der Waals surface area contributed by atoms with Gasteiger partial charge in [0.1, 0.15) is 6.04 Å². The van der Waals surface area contributed by atoms with Crippen molar-refractivity contribution in [2.24, 2.45) is 34.5 Å². The van der Waals surface area contributed by atoms with Gasteiger partial charge >= 0.3 is 0 Å². The molecular weight excluding hydrogens is 438 g/mol. The van der Waals surface area contributed by atoms with Gasteiger partial charge in [0.15, 0.2) is 0 Å². The predicted molar refractivity (Wildman–Crippen MR) is 135 cm³/mol. The van der Waals surface area contributed by atoms with E-state index in [2.05, 4.69) is 24.5 Å². The van der Waals surface area contributed by atoms with Crippen molar-refractivity contribution < 1.29 is 14.7 Å². The van der Waals surface area contributed by atoms with Gasteiger partial charge in [-0.25, -0.2) is 0 Å². The van der Waals surface area contributed by atoms with Crippen LogP contribution in [-0.2, 0) is 9.59 Å². The SMILES string of the molecule is CC12CCC(O)CC1CCC1C2CCC2(C)C(NC(=O)C3CCCN3C(=O)C3CCCN3)CCC12. The minimum absolute atomic E-state index is 0.0870. The highest BCUT2D eigenvalue weighted by Gasteiger charge is 2.60. The van der Waals surface area contributed by atoms with E-state index in [-0.39, 0.29) is 41.5 Å². The number of likely N-dealkylation sites (tertiary alicyclic amines) is 1. The van der Waals surface area contributed by atoms with Crippen molar-refractivity contribution in [3.8, 4) is 0 Å². The zero-order valence-electron chi connectivity index (χ0n) is 21.9. The lowest BCUT2D eigenvalue weighted by Gasteiger charge is -2.61. The van der Waals surface area contributed by atoms with E-state index in [1.807, 2.05) is 4.90 Å². The van der Waals surface area contributed by atoms with Crippen molar-refractivity contribution in [1.29, 1.82) is 0 Å². The number of hydrogen-bond donors (Lipinski definition) is 3. The van der Waals surface area contributed by atoms with E-state index >= 15 is 0 Å². The number of aliphatic hydroxyl groups is 1. The average Bonchev–Trinajstić information content (AvgIpc) is 3.60. The molecule has 2 amide bonds. The molecule has 2 saturated heterocycles. The maximum atomic E-state index is 13.6. The molecule has 0 aromatic rings. The second-order valence-corrected chi connectivity index (χ2v) is 13.6. The van der Waals surface area contributed by atoms with Gasteiger partial charge in [0, 0.05) is 12.6 Å². The minimum atomic E-state index is -0.285. The van der Waals surface area contributed by atoms with Crippen molar-refractivity contribution in [2.45, 2.75) is 122 Å². The summed E-state index contributed by atoms with van der Waals surface area (Å²) >= 11 is 0. The first-order valence-electron chi connectivity index (χ1n) is 14.8. The second-order valence-electron chi connectivity index (χ2n) is 13.6. The molecule has 3 N–H and O–H groups in total. The molecule has 6 rings (SSSR count). The third kappa shape index (κ3) is 3.88. The summed E-state index contributed by atoms with van der Waals surface area (Å²) in [6, 6.07) is -0.141. The Balaban J connectivity index is 1.14. The molecule has 196 valence electrons. The standard InChI is InChI=1S/C29H47N3O3/c1-28-13-11-19(33)17-18(28)7-8-20-21-9-10-25(29(21,2)14-12-22(20)28)31-26(34)24-6-4-16-32(24)27(35)23-5-3-15-30-23/h18-25,30,33H,3-17H2,1-2H3,(H,31,34). The monoisotopic (exact) mass is 485 g/mol. The van der Waals surface area contributed by atoms with Gasteiger partial charge in [-0.2, -0.15) is 0 Å². The van der Waals surface area contributed by atoms with Gasteiger partial charge in [-0.05, 0) is 125 Å². The molecule has 2 heterocycles. The lowest BCUT2D eigenvalue weighted by Crippen LogP contribution is -2.58. The largest absolute Gasteiger partial charge is 0.393 e. The van der Waals surface area contributed by atoms with E-state index in [0.29, 0.717) is 17.3 Å². The third-order valence-corrected chi connectivity index (χ3v) is 12.2. The van der Waals surface area contributed by atoms with Gasteiger partial charge in [-0.15, -0.1) is 0 Å². The van der Waals surface area contributed by atoms with E-state index in [1.54, 1.807) is 0 Å². The topological polar surface area (TPSA) is 81.7 Å². The maximum absolute atomic E-state index is 13.6. The fraction of sp³-hybridized carbons (Fsp3) is 0.931. The van der Waals surface area contributed by atoms with Crippen LogP contribution in [0.1, 0.15) is 97.3 Å². The number of fused-ring (bicyclic) bond motifs is 5. The lowest BCUT2D eigenvalue weighted by atomic mass is 9.45. The predicted octanol–water partition coefficient (Wildman–Crippen LogP) is 3.62. The van der Waals surface area contributed by atoms with Gasteiger partial charge in [-0.1, -0.05) is 13.8 Å². The zero-order valence-corrected chi connectivity index (χ0v) is 21.9. The van der Waals surface area contributed by atoms with Crippen LogP contribution in [0.3, 0.4) is 0 Å². The first-order chi connectivity index (χ1) is 16.8. The Bertz CT molecular complexity index is 843. The number of aliphatic hydroxyl groups excluding tert-OH is 1. The van der Waals surface area contributed by atoms with Crippen LogP contribution in [0.15, 0.2) is 0 Å². The molecule has 10 atom stereocenters. The van der Waals surface area contributed by atoms with Crippen LogP contribution < -0.4 is 10.6 Å². The molecule has 35 heavy (non-hydrogen) atoms. The molecule has 4 aliphatic carbocycles. The van der Waals surface area contributed by atoms with E-state index in [9.17, 15) is 14.7 Å². The average molecular weight is 486 g/mol. The van der Waals surface area contributed by atoms with Crippen LogP contribution in [-0.4, -0.2) is 59.1 Å². The number of nitrogens with one attached hydrogen (secondary N) is 2. The highest BCUT2D eigenvalue weighted by Crippen LogP contribution is 2.66. The first-order valence-corrected chi connectivity index (χ1v) is 14.8. The number of carbonyl (C=O) groups excluding carboxylic acids is 2. The number of carbonyl (C=O) groups is 2. The lowest BCUT2D eigenvalue weighted by molar-refractivity contribution is -0.141. The molecule has 6 nitrogen and oxygen atoms in total. The summed E-state index contributed by atoms with van der Waals surface area (Å²) in [5, 5.41) is 17.1. The smallest absolute Gasteiger partial charge is 0.243 e. The molecule has 0 radical (unpaired) electrons. The molecule has 2 aliphatic heterocycles. The summed E-state index contributed by atoms with van der Waals surface area (Å²) in [5.41, 5.74) is 0.568. The van der Waals surface area contributed by atoms with Gasteiger partial charge in [-0.3, -0.25) is 9.59 Å². The molecule has 0 bridgehead atoms. The molecule has 0 aromatic heterocycles. The normalized spacial score (nSPS) is 49.3. The van der Waals surface area contributed by atoms with Crippen LogP contribution in [0.25, 0.3) is 0 Å². The second kappa shape index (κ2) is 9.01. The first kappa shape index (κ1) is 24.2. The molecule has 0 spiro atoms. The number of nitrogens with zero attached hydrogens (tertiary/aromatic N) is 1. The third-order valence-electron chi connectivity index (χ3n) is 12.2. The van der Waals surface area contributed by atoms with Crippen LogP contribution in [0, 0.1) is 34.5 Å². The summed E-state index contributed by atoms with van der Waals surface area (Å²) in [6.07, 6.45) is 14.1. The summed E-state index contributed by atoms with van der Waals surface area (Å²) in [7, 11) is 0. The van der Waals surface area contributed by atoms with Gasteiger partial charge in [0.2, 0.25) is 11.8 Å². The molecule has 0 aromatic carbocycles. The number of rotatable bonds is 3. The van der Waals surface area contributed by atoms with Gasteiger partial charge in [0.05, 0.1) is 12.1 Å². The molecule has 6 heteroatoms. The number of hydrogen-bond acceptors (Lipinski definition) is 4. The van der Waals surface area contributed by atoms with E-state index in [1.165, 1.54) is 38.5 Å².